The molecule has 2 amide bonds. The summed E-state index contributed by atoms with van der Waals surface area (Å²) in [6, 6.07) is 8.98. The lowest BCUT2D eigenvalue weighted by Crippen LogP contribution is -2.45. The molecule has 5 nitrogen and oxygen atoms in total. The molecule has 0 radical (unpaired) electrons. The van der Waals surface area contributed by atoms with Crippen molar-refractivity contribution >= 4 is 34.7 Å². The van der Waals surface area contributed by atoms with Crippen molar-refractivity contribution in [1.82, 2.24) is 5.32 Å². The third-order valence-corrected chi connectivity index (χ3v) is 2.39. The summed E-state index contributed by atoms with van der Waals surface area (Å²) in [4.78, 5) is 25.0. The maximum Gasteiger partial charge on any atom is 0.316 e. The first-order chi connectivity index (χ1) is 8.56. The second kappa shape index (κ2) is 6.70. The summed E-state index contributed by atoms with van der Waals surface area (Å²) >= 11 is 4.63. The average molecular weight is 265 g/mol. The molecule has 18 heavy (non-hydrogen) atoms. The Kier molecular flexibility index (Phi) is 5.26. The molecule has 0 aliphatic heterocycles. The molecule has 96 valence electrons. The average Bonchev–Trinajstić information content (AvgIpc) is 2.38. The molecule has 0 aromatic heterocycles. The van der Waals surface area contributed by atoms with Gasteiger partial charge in [-0.3, -0.25) is 9.59 Å². The van der Waals surface area contributed by atoms with Gasteiger partial charge in [0.05, 0.1) is 11.5 Å². The van der Waals surface area contributed by atoms with Gasteiger partial charge >= 0.3 is 11.8 Å². The van der Waals surface area contributed by atoms with Crippen molar-refractivity contribution in [1.29, 1.82) is 0 Å². The number of carbonyl (C=O) groups is 2. The second-order valence-electron chi connectivity index (χ2n) is 3.53. The van der Waals surface area contributed by atoms with Crippen LogP contribution in [0.5, 0.6) is 0 Å². The van der Waals surface area contributed by atoms with Gasteiger partial charge in [-0.25, -0.2) is 0 Å². The molecule has 0 saturated heterocycles. The minimum absolute atomic E-state index is 0.0201. The summed E-state index contributed by atoms with van der Waals surface area (Å²) in [7, 11) is 0. The maximum atomic E-state index is 11.9. The van der Waals surface area contributed by atoms with Crippen molar-refractivity contribution in [2.24, 2.45) is 5.73 Å². The fourth-order valence-electron chi connectivity index (χ4n) is 1.42. The summed E-state index contributed by atoms with van der Waals surface area (Å²) in [5.74, 6) is -1.34. The van der Waals surface area contributed by atoms with Gasteiger partial charge in [-0.05, 0) is 19.1 Å². The van der Waals surface area contributed by atoms with Crippen LogP contribution >= 0.6 is 12.2 Å². The van der Waals surface area contributed by atoms with E-state index in [-0.39, 0.29) is 11.5 Å². The van der Waals surface area contributed by atoms with Crippen LogP contribution in [0.25, 0.3) is 0 Å². The number of anilines is 1. The Balaban J connectivity index is 2.74. The van der Waals surface area contributed by atoms with E-state index in [4.69, 9.17) is 5.73 Å². The van der Waals surface area contributed by atoms with Crippen LogP contribution in [0.4, 0.5) is 5.69 Å². The molecular formula is C12H15N3O2S. The van der Waals surface area contributed by atoms with E-state index in [0.717, 1.165) is 0 Å². The molecule has 1 aromatic rings. The van der Waals surface area contributed by atoms with Crippen molar-refractivity contribution in [3.05, 3.63) is 30.3 Å². The van der Waals surface area contributed by atoms with Gasteiger partial charge in [-0.1, -0.05) is 30.4 Å². The lowest BCUT2D eigenvalue weighted by Gasteiger charge is -2.20. The van der Waals surface area contributed by atoms with Crippen LogP contribution in [0, 0.1) is 0 Å². The Morgan fingerprint density at radius 1 is 1.33 bits per heavy atom. The lowest BCUT2D eigenvalue weighted by atomic mass is 10.3. The van der Waals surface area contributed by atoms with Crippen molar-refractivity contribution in [2.45, 2.75) is 6.92 Å². The highest BCUT2D eigenvalue weighted by atomic mass is 32.1. The molecule has 0 fully saturated rings. The predicted octanol–water partition coefficient (Wildman–Crippen LogP) is 0.442. The Morgan fingerprint density at radius 3 is 2.44 bits per heavy atom. The van der Waals surface area contributed by atoms with Crippen LogP contribution in [-0.4, -0.2) is 29.9 Å². The van der Waals surface area contributed by atoms with Gasteiger partial charge in [0.1, 0.15) is 0 Å². The van der Waals surface area contributed by atoms with E-state index in [1.807, 2.05) is 6.07 Å². The second-order valence-corrected chi connectivity index (χ2v) is 4.06. The molecule has 6 heteroatoms. The van der Waals surface area contributed by atoms with Crippen molar-refractivity contribution in [2.75, 3.05) is 18.0 Å². The molecule has 0 aliphatic carbocycles. The minimum Gasteiger partial charge on any atom is -0.392 e. The Hall–Kier alpha value is -1.95. The first-order valence-electron chi connectivity index (χ1n) is 5.49. The number of hydrogen-bond acceptors (Lipinski definition) is 3. The number of thiocarbonyl (C=S) groups is 1. The summed E-state index contributed by atoms with van der Waals surface area (Å²) in [5.41, 5.74) is 5.93. The van der Waals surface area contributed by atoms with Crippen LogP contribution in [0.1, 0.15) is 6.92 Å². The number of rotatable bonds is 4. The molecule has 1 rings (SSSR count). The molecular weight excluding hydrogens is 250 g/mol. The summed E-state index contributed by atoms with van der Waals surface area (Å²) < 4.78 is 0. The van der Waals surface area contributed by atoms with Gasteiger partial charge < -0.3 is 16.0 Å². The number of likely N-dealkylation sites (N-methyl/N-ethyl adjacent to an activating group) is 1. The topological polar surface area (TPSA) is 75.4 Å². The Morgan fingerprint density at radius 2 is 1.94 bits per heavy atom. The number of hydrogen-bond donors (Lipinski definition) is 2. The number of carbonyl (C=O) groups excluding carboxylic acids is 2. The first-order valence-corrected chi connectivity index (χ1v) is 5.90. The van der Waals surface area contributed by atoms with E-state index in [1.54, 1.807) is 31.2 Å². The third kappa shape index (κ3) is 3.81. The van der Waals surface area contributed by atoms with Gasteiger partial charge in [0.15, 0.2) is 0 Å². The molecule has 0 saturated carbocycles. The number of para-hydroxylation sites is 1. The van der Waals surface area contributed by atoms with Crippen LogP contribution in [0.15, 0.2) is 30.3 Å². The van der Waals surface area contributed by atoms with Crippen molar-refractivity contribution < 1.29 is 9.59 Å². The third-order valence-electron chi connectivity index (χ3n) is 2.25. The van der Waals surface area contributed by atoms with Crippen LogP contribution in [0.2, 0.25) is 0 Å². The number of nitrogens with two attached hydrogens (primary N) is 1. The van der Waals surface area contributed by atoms with E-state index >= 15 is 0 Å². The number of amides is 2. The van der Waals surface area contributed by atoms with Gasteiger partial charge in [-0.15, -0.1) is 0 Å². The quantitative estimate of drug-likeness (QED) is 0.612. The first kappa shape index (κ1) is 14.1. The SMILES string of the molecule is CCN(C(=O)C(=O)NCC(N)=S)c1ccccc1. The van der Waals surface area contributed by atoms with Gasteiger partial charge in [0.25, 0.3) is 0 Å². The highest BCUT2D eigenvalue weighted by molar-refractivity contribution is 7.80. The van der Waals surface area contributed by atoms with E-state index in [1.165, 1.54) is 4.90 Å². The van der Waals surface area contributed by atoms with Crippen LogP contribution in [0.3, 0.4) is 0 Å². The van der Waals surface area contributed by atoms with E-state index in [2.05, 4.69) is 17.5 Å². The minimum atomic E-state index is -0.714. The van der Waals surface area contributed by atoms with E-state index < -0.39 is 11.8 Å². The summed E-state index contributed by atoms with van der Waals surface area (Å²) in [6.07, 6.45) is 0. The van der Waals surface area contributed by atoms with Crippen molar-refractivity contribution in [3.8, 4) is 0 Å². The van der Waals surface area contributed by atoms with Crippen molar-refractivity contribution in [3.63, 3.8) is 0 Å². The molecule has 0 bridgehead atoms. The number of benzene rings is 1. The number of nitrogens with zero attached hydrogens (tertiary/aromatic N) is 1. The molecule has 0 heterocycles. The largest absolute Gasteiger partial charge is 0.392 e. The smallest absolute Gasteiger partial charge is 0.316 e. The zero-order valence-corrected chi connectivity index (χ0v) is 10.9. The van der Waals surface area contributed by atoms with Gasteiger partial charge in [0, 0.05) is 12.2 Å². The molecule has 3 N–H and O–H groups in total. The predicted molar refractivity (Wildman–Crippen MR) is 74.3 cm³/mol. The normalized spacial score (nSPS) is 9.61. The van der Waals surface area contributed by atoms with Gasteiger partial charge in [-0.2, -0.15) is 0 Å². The van der Waals surface area contributed by atoms with E-state index in [0.29, 0.717) is 12.2 Å². The number of nitrogens with one attached hydrogen (secondary N) is 1. The highest BCUT2D eigenvalue weighted by Gasteiger charge is 2.21. The highest BCUT2D eigenvalue weighted by Crippen LogP contribution is 2.12. The lowest BCUT2D eigenvalue weighted by molar-refractivity contribution is -0.137. The molecule has 0 aliphatic rings. The molecule has 0 unspecified atom stereocenters. The van der Waals surface area contributed by atoms with E-state index in [9.17, 15) is 9.59 Å². The molecule has 0 atom stereocenters. The Bertz CT molecular complexity index is 448. The summed E-state index contributed by atoms with van der Waals surface area (Å²) in [6.45, 7) is 2.22. The Labute approximate surface area is 111 Å². The molecule has 0 spiro atoms. The standard InChI is InChI=1S/C12H15N3O2S/c1-2-15(9-6-4-3-5-7-9)12(17)11(16)14-8-10(13)18/h3-7H,2,8H2,1H3,(H2,13,18)(H,14,16). The zero-order chi connectivity index (χ0) is 13.5. The summed E-state index contributed by atoms with van der Waals surface area (Å²) in [5, 5.41) is 2.37. The monoisotopic (exact) mass is 265 g/mol. The molecule has 1 aromatic carbocycles. The maximum absolute atomic E-state index is 11.9. The zero-order valence-electron chi connectivity index (χ0n) is 10.1. The fourth-order valence-corrected chi connectivity index (χ4v) is 1.49. The van der Waals surface area contributed by atoms with Crippen LogP contribution in [-0.2, 0) is 9.59 Å². The van der Waals surface area contributed by atoms with Gasteiger partial charge in [0.2, 0.25) is 0 Å². The van der Waals surface area contributed by atoms with Crippen LogP contribution < -0.4 is 16.0 Å². The fraction of sp³-hybridized carbons (Fsp3) is 0.250.